The first kappa shape index (κ1) is 19.2. The lowest BCUT2D eigenvalue weighted by molar-refractivity contribution is -0.152. The van der Waals surface area contributed by atoms with Crippen molar-refractivity contribution in [3.8, 4) is 0 Å². The molecule has 1 aliphatic carbocycles. The topological polar surface area (TPSA) is 72.8 Å². The average Bonchev–Trinajstić information content (AvgIpc) is 2.77. The van der Waals surface area contributed by atoms with Crippen LogP contribution in [0.5, 0.6) is 0 Å². The van der Waals surface area contributed by atoms with E-state index in [9.17, 15) is 14.7 Å². The molecular formula is C20H26O5. The van der Waals surface area contributed by atoms with Gasteiger partial charge in [0, 0.05) is 11.6 Å². The summed E-state index contributed by atoms with van der Waals surface area (Å²) in [4.78, 5) is 24.2. The van der Waals surface area contributed by atoms with Crippen molar-refractivity contribution in [3.63, 3.8) is 0 Å². The first-order valence-corrected chi connectivity index (χ1v) is 8.48. The molecule has 2 aliphatic rings. The predicted molar refractivity (Wildman–Crippen MR) is 94.6 cm³/mol. The van der Waals surface area contributed by atoms with Gasteiger partial charge in [-0.3, -0.25) is 0 Å². The number of rotatable bonds is 2. The first-order valence-electron chi connectivity index (χ1n) is 8.48. The van der Waals surface area contributed by atoms with Crippen LogP contribution < -0.4 is 0 Å². The smallest absolute Gasteiger partial charge is 0.334 e. The average molecular weight is 346 g/mol. The minimum atomic E-state index is -1.03. The highest BCUT2D eigenvalue weighted by Crippen LogP contribution is 2.36. The number of ether oxygens (including phenoxy) is 2. The van der Waals surface area contributed by atoms with Crippen molar-refractivity contribution in [2.24, 2.45) is 5.92 Å². The Morgan fingerprint density at radius 1 is 1.40 bits per heavy atom. The number of esters is 2. The number of carbonyl (C=O) groups excluding carboxylic acids is 2. The maximum atomic E-state index is 12.2. The van der Waals surface area contributed by atoms with Crippen LogP contribution in [0.4, 0.5) is 0 Å². The molecule has 0 aromatic carbocycles. The van der Waals surface area contributed by atoms with Crippen molar-refractivity contribution >= 4 is 11.9 Å². The van der Waals surface area contributed by atoms with Crippen molar-refractivity contribution in [2.75, 3.05) is 0 Å². The number of hydrogen-bond acceptors (Lipinski definition) is 5. The second kappa shape index (κ2) is 7.83. The van der Waals surface area contributed by atoms with Crippen LogP contribution >= 0.6 is 0 Å². The monoisotopic (exact) mass is 346 g/mol. The van der Waals surface area contributed by atoms with E-state index in [0.29, 0.717) is 5.57 Å². The third-order valence-electron chi connectivity index (χ3n) is 4.51. The summed E-state index contributed by atoms with van der Waals surface area (Å²) in [6, 6.07) is 0. The lowest BCUT2D eigenvalue weighted by Crippen LogP contribution is -2.42. The number of allylic oxidation sites excluding steroid dienone is 3. The first-order chi connectivity index (χ1) is 11.7. The Morgan fingerprint density at radius 2 is 2.08 bits per heavy atom. The van der Waals surface area contributed by atoms with Gasteiger partial charge in [-0.15, -0.1) is 0 Å². The van der Waals surface area contributed by atoms with E-state index in [1.54, 1.807) is 20.8 Å². The van der Waals surface area contributed by atoms with Crippen molar-refractivity contribution in [3.05, 3.63) is 47.1 Å². The Kier molecular flexibility index (Phi) is 6.01. The molecule has 25 heavy (non-hydrogen) atoms. The zero-order valence-corrected chi connectivity index (χ0v) is 15.2. The van der Waals surface area contributed by atoms with E-state index in [2.05, 4.69) is 6.58 Å². The van der Waals surface area contributed by atoms with Crippen LogP contribution in [-0.2, 0) is 19.1 Å². The minimum absolute atomic E-state index is 0.219. The summed E-state index contributed by atoms with van der Waals surface area (Å²) < 4.78 is 11.0. The molecule has 0 saturated carbocycles. The Morgan fingerprint density at radius 3 is 2.72 bits per heavy atom. The van der Waals surface area contributed by atoms with Crippen molar-refractivity contribution in [1.29, 1.82) is 0 Å². The summed E-state index contributed by atoms with van der Waals surface area (Å²) >= 11 is 0. The Balaban J connectivity index is 2.45. The van der Waals surface area contributed by atoms with Gasteiger partial charge < -0.3 is 14.6 Å². The third-order valence-corrected chi connectivity index (χ3v) is 4.51. The van der Waals surface area contributed by atoms with Crippen LogP contribution in [0.25, 0.3) is 0 Å². The fourth-order valence-corrected chi connectivity index (χ4v) is 3.14. The van der Waals surface area contributed by atoms with E-state index in [1.807, 2.05) is 19.1 Å². The second-order valence-corrected chi connectivity index (χ2v) is 6.99. The number of aliphatic hydroxyl groups excluding tert-OH is 1. The lowest BCUT2D eigenvalue weighted by Gasteiger charge is -2.30. The molecule has 0 aromatic rings. The van der Waals surface area contributed by atoms with Gasteiger partial charge in [0.15, 0.2) is 0 Å². The van der Waals surface area contributed by atoms with Crippen molar-refractivity contribution < 1.29 is 24.2 Å². The largest absolute Gasteiger partial charge is 0.455 e. The van der Waals surface area contributed by atoms with Crippen LogP contribution in [0.1, 0.15) is 40.5 Å². The minimum Gasteiger partial charge on any atom is -0.455 e. The number of hydrogen-bond donors (Lipinski definition) is 1. The van der Waals surface area contributed by atoms with Gasteiger partial charge in [-0.1, -0.05) is 23.8 Å². The maximum Gasteiger partial charge on any atom is 0.334 e. The Hall–Kier alpha value is -2.14. The normalized spacial score (nSPS) is 34.0. The van der Waals surface area contributed by atoms with E-state index < -0.39 is 36.2 Å². The van der Waals surface area contributed by atoms with Gasteiger partial charge in [0.05, 0.1) is 5.92 Å². The summed E-state index contributed by atoms with van der Waals surface area (Å²) in [5, 5.41) is 10.8. The van der Waals surface area contributed by atoms with Crippen molar-refractivity contribution in [1.82, 2.24) is 0 Å². The van der Waals surface area contributed by atoms with Crippen LogP contribution in [0, 0.1) is 5.92 Å². The molecule has 1 N–H and O–H groups in total. The van der Waals surface area contributed by atoms with Crippen LogP contribution in [0.15, 0.2) is 47.1 Å². The maximum absolute atomic E-state index is 12.2. The number of fused-ring (bicyclic) bond motifs is 1. The molecule has 5 heteroatoms. The van der Waals surface area contributed by atoms with E-state index in [-0.39, 0.29) is 5.57 Å². The molecule has 0 spiro atoms. The molecule has 136 valence electrons. The molecule has 0 aromatic heterocycles. The van der Waals surface area contributed by atoms with E-state index in [4.69, 9.17) is 9.47 Å². The zero-order chi connectivity index (χ0) is 18.7. The molecule has 0 bridgehead atoms. The molecule has 4 atom stereocenters. The summed E-state index contributed by atoms with van der Waals surface area (Å²) in [5.74, 6) is -1.69. The molecule has 1 aliphatic heterocycles. The van der Waals surface area contributed by atoms with Gasteiger partial charge in [0.1, 0.15) is 18.3 Å². The van der Waals surface area contributed by atoms with Gasteiger partial charge in [-0.25, -0.2) is 9.59 Å². The standard InChI is InChI=1S/C20H26O5/c1-11(2)9-16(21)25-19-17-14(5)20(23)24-15(17)10-12(3)7-6-8-13(4)18(19)22/h8-10,15,17-19,22H,5-7H2,1-4H3/b12-10+,13-8+/t15-,17+,18-,19-/m1/s1. The van der Waals surface area contributed by atoms with Gasteiger partial charge in [0.2, 0.25) is 0 Å². The molecule has 0 radical (unpaired) electrons. The SMILES string of the molecule is C=C1C(=O)O[C@@H]2/C=C(\C)CC/C=C(\C)[C@@H](O)[C@H](OC(=O)C=C(C)C)[C@@H]12. The molecule has 1 heterocycles. The molecule has 5 nitrogen and oxygen atoms in total. The summed E-state index contributed by atoms with van der Waals surface area (Å²) in [6.07, 6.45) is 4.16. The van der Waals surface area contributed by atoms with Gasteiger partial charge >= 0.3 is 11.9 Å². The number of aliphatic hydroxyl groups is 1. The fourth-order valence-electron chi connectivity index (χ4n) is 3.14. The summed E-state index contributed by atoms with van der Waals surface area (Å²) in [5.41, 5.74) is 2.79. The lowest BCUT2D eigenvalue weighted by atomic mass is 9.84. The third kappa shape index (κ3) is 4.48. The molecular weight excluding hydrogens is 320 g/mol. The summed E-state index contributed by atoms with van der Waals surface area (Å²) in [6.45, 7) is 11.1. The van der Waals surface area contributed by atoms with Gasteiger partial charge in [-0.2, -0.15) is 0 Å². The Bertz CT molecular complexity index is 664. The fraction of sp³-hybridized carbons (Fsp3) is 0.500. The van der Waals surface area contributed by atoms with Crippen LogP contribution in [0.2, 0.25) is 0 Å². The quantitative estimate of drug-likeness (QED) is 0.473. The van der Waals surface area contributed by atoms with E-state index >= 15 is 0 Å². The second-order valence-electron chi connectivity index (χ2n) is 6.99. The predicted octanol–water partition coefficient (Wildman–Crippen LogP) is 3.01. The molecule has 0 amide bonds. The van der Waals surface area contributed by atoms with Gasteiger partial charge in [-0.05, 0) is 52.2 Å². The highest BCUT2D eigenvalue weighted by atomic mass is 16.6. The molecule has 1 saturated heterocycles. The Labute approximate surface area is 148 Å². The van der Waals surface area contributed by atoms with E-state index in [0.717, 1.165) is 24.0 Å². The molecule has 2 rings (SSSR count). The highest BCUT2D eigenvalue weighted by Gasteiger charge is 2.47. The molecule has 0 unspecified atom stereocenters. The van der Waals surface area contributed by atoms with Gasteiger partial charge in [0.25, 0.3) is 0 Å². The molecule has 1 fully saturated rings. The van der Waals surface area contributed by atoms with Crippen LogP contribution in [-0.4, -0.2) is 35.4 Å². The highest BCUT2D eigenvalue weighted by molar-refractivity contribution is 5.91. The summed E-state index contributed by atoms with van der Waals surface area (Å²) in [7, 11) is 0. The van der Waals surface area contributed by atoms with Crippen LogP contribution in [0.3, 0.4) is 0 Å². The van der Waals surface area contributed by atoms with E-state index in [1.165, 1.54) is 6.08 Å². The number of carbonyl (C=O) groups is 2. The van der Waals surface area contributed by atoms with Crippen molar-refractivity contribution in [2.45, 2.75) is 58.8 Å². The zero-order valence-electron chi connectivity index (χ0n) is 15.2.